The van der Waals surface area contributed by atoms with E-state index in [4.69, 9.17) is 6.58 Å². The van der Waals surface area contributed by atoms with E-state index in [2.05, 4.69) is 11.2 Å². The van der Waals surface area contributed by atoms with Gasteiger partial charge >= 0.3 is 54.2 Å². The van der Waals surface area contributed by atoms with E-state index in [0.29, 0.717) is 0 Å². The Morgan fingerprint density at radius 2 is 2.10 bits per heavy atom. The predicted molar refractivity (Wildman–Crippen MR) is 40.1 cm³/mol. The molecule has 10 heavy (non-hydrogen) atoms. The second-order valence-corrected chi connectivity index (χ2v) is 3.15. The van der Waals surface area contributed by atoms with Crippen LogP contribution in [-0.4, -0.2) is 10.1 Å². The standard InChI is InChI=1S/C5H5N.CH4.CH3.W.Y/c1-3-5-6-4-2;;;;/h2,4H,1H3;1H4;1H3;;/q-2;;-1;;. The van der Waals surface area contributed by atoms with Crippen LogP contribution >= 0.6 is 0 Å². The predicted octanol–water partition coefficient (Wildman–Crippen LogP) is 1.70. The van der Waals surface area contributed by atoms with E-state index in [1.54, 1.807) is 0 Å². The number of aliphatic imine (C=N–C) groups is 1. The molecule has 0 N–H and O–H groups in total. The molecule has 0 aliphatic carbocycles. The van der Waals surface area contributed by atoms with Gasteiger partial charge < -0.3 is 7.43 Å². The fourth-order valence-electron chi connectivity index (χ4n) is 0.128. The summed E-state index contributed by atoms with van der Waals surface area (Å²) in [5.74, 6) is 0. The van der Waals surface area contributed by atoms with Gasteiger partial charge in [0.2, 0.25) is 0 Å². The monoisotopic (exact) mass is 383 g/mol. The molecule has 0 saturated carbocycles. The molecule has 1 radical (unpaired) electrons. The minimum atomic E-state index is 0. The van der Waals surface area contributed by atoms with Crippen LogP contribution in [0.3, 0.4) is 0 Å². The summed E-state index contributed by atoms with van der Waals surface area (Å²) < 4.78 is 1.11. The topological polar surface area (TPSA) is 12.4 Å². The third-order valence-electron chi connectivity index (χ3n) is 0.297. The fraction of sp³-hybridized carbons (Fsp3) is 0.286. The van der Waals surface area contributed by atoms with Crippen LogP contribution in [0.15, 0.2) is 11.2 Å². The molecule has 0 rings (SSSR count). The second kappa shape index (κ2) is 16.6. The van der Waals surface area contributed by atoms with E-state index in [1.165, 1.54) is 25.6 Å². The number of nitrogens with zero attached hydrogens (tertiary/aromatic N) is 1. The molecule has 0 aliphatic heterocycles. The van der Waals surface area contributed by atoms with Crippen molar-refractivity contribution in [2.75, 3.05) is 0 Å². The molecule has 3 heteroatoms. The van der Waals surface area contributed by atoms with Crippen LogP contribution in [0, 0.1) is 14.0 Å². The fourth-order valence-corrected chi connectivity index (χ4v) is 0.318. The van der Waals surface area contributed by atoms with E-state index in [1.807, 2.05) is 6.92 Å². The van der Waals surface area contributed by atoms with E-state index < -0.39 is 0 Å². The number of hydrogen-bond donors (Lipinski definition) is 0. The van der Waals surface area contributed by atoms with Gasteiger partial charge in [0.1, 0.15) is 0 Å². The van der Waals surface area contributed by atoms with Gasteiger partial charge in [-0.15, -0.1) is 0 Å². The molecule has 0 amide bonds. The maximum absolute atomic E-state index is 4.92. The third kappa shape index (κ3) is 23.0. The van der Waals surface area contributed by atoms with Gasteiger partial charge in [0.05, 0.1) is 0 Å². The summed E-state index contributed by atoms with van der Waals surface area (Å²) in [5.41, 5.74) is 0. The van der Waals surface area contributed by atoms with Crippen molar-refractivity contribution in [1.29, 1.82) is 0 Å². The van der Waals surface area contributed by atoms with Crippen molar-refractivity contribution in [2.45, 2.75) is 14.4 Å². The zero-order chi connectivity index (χ0) is 5.70. The zero-order valence-electron chi connectivity index (χ0n) is 5.59. The van der Waals surface area contributed by atoms with Crippen molar-refractivity contribution in [2.24, 2.45) is 4.99 Å². The zero-order valence-corrected chi connectivity index (χ0v) is 11.4. The van der Waals surface area contributed by atoms with Gasteiger partial charge in [-0.3, -0.25) is 0 Å². The number of rotatable bonds is 2. The second-order valence-electron chi connectivity index (χ2n) is 0.946. The Morgan fingerprint density at radius 1 is 1.70 bits per heavy atom. The molecule has 0 aliphatic rings. The Hall–Kier alpha value is 1.07. The van der Waals surface area contributed by atoms with Crippen molar-refractivity contribution in [3.8, 4) is 0 Å². The molecule has 0 fully saturated rings. The summed E-state index contributed by atoms with van der Waals surface area (Å²) in [4.78, 5) is 3.56. The van der Waals surface area contributed by atoms with Gasteiger partial charge in [0.15, 0.2) is 0 Å². The first-order valence-electron chi connectivity index (χ1n) is 1.77. The Balaban J connectivity index is -0.0000000600. The van der Waals surface area contributed by atoms with Crippen LogP contribution in [0.2, 0.25) is 0 Å². The first-order valence-corrected chi connectivity index (χ1v) is 3.24. The van der Waals surface area contributed by atoms with E-state index >= 15 is 0 Å². The van der Waals surface area contributed by atoms with E-state index in [-0.39, 0.29) is 47.6 Å². The average molecular weight is 383 g/mol. The molecular weight excluding hydrogens is 371 g/mol. The molecule has 57 valence electrons. The quantitative estimate of drug-likeness (QED) is 0.509. The molecule has 0 spiro atoms. The van der Waals surface area contributed by atoms with Crippen LogP contribution < -0.4 is 0 Å². The average Bonchev–Trinajstić information content (AvgIpc) is 1.61. The van der Waals surface area contributed by atoms with Gasteiger partial charge in [-0.05, 0) is 0 Å². The number of hydrogen-bond acceptors (Lipinski definition) is 1. The Morgan fingerprint density at radius 3 is 2.20 bits per heavy atom. The molecule has 0 bridgehead atoms. The largest absolute Gasteiger partial charge is 0.358 e. The van der Waals surface area contributed by atoms with Crippen LogP contribution in [0.25, 0.3) is 0 Å². The first kappa shape index (κ1) is 22.5. The van der Waals surface area contributed by atoms with Crippen LogP contribution in [0.1, 0.15) is 14.4 Å². The van der Waals surface area contributed by atoms with Gasteiger partial charge in [0, 0.05) is 32.7 Å². The summed E-state index contributed by atoms with van der Waals surface area (Å²) in [5, 5.41) is 0. The Labute approximate surface area is 101 Å². The van der Waals surface area contributed by atoms with Crippen LogP contribution in [0.5, 0.6) is 0 Å². The first-order chi connectivity index (χ1) is 3.27. The van der Waals surface area contributed by atoms with Crippen LogP contribution in [-0.2, 0) is 52.1 Å². The molecular formula is C7H12NWY-3. The van der Waals surface area contributed by atoms with Crippen LogP contribution in [0.4, 0.5) is 0 Å². The summed E-state index contributed by atoms with van der Waals surface area (Å²) in [6.07, 6.45) is 3.92. The van der Waals surface area contributed by atoms with E-state index in [9.17, 15) is 0 Å². The minimum absolute atomic E-state index is 0. The maximum atomic E-state index is 4.92. The Kier molecular flexibility index (Phi) is 37.2. The molecule has 0 atom stereocenters. The van der Waals surface area contributed by atoms with Gasteiger partial charge in [0.25, 0.3) is 0 Å². The third-order valence-corrected chi connectivity index (χ3v) is 0.624. The smallest absolute Gasteiger partial charge is 0 e. The summed E-state index contributed by atoms with van der Waals surface area (Å²) >= 11 is 1.38. The van der Waals surface area contributed by atoms with Gasteiger partial charge in [-0.2, -0.15) is 0 Å². The SMILES string of the molecule is C.[CH-]=CN=[C-][C](C)=[W].[CH3-].[Y]. The minimum Gasteiger partial charge on any atom is -0.358 e. The van der Waals surface area contributed by atoms with Crippen molar-refractivity contribution in [3.63, 3.8) is 0 Å². The molecule has 0 unspecified atom stereocenters. The van der Waals surface area contributed by atoms with Crippen molar-refractivity contribution in [1.82, 2.24) is 0 Å². The van der Waals surface area contributed by atoms with Crippen molar-refractivity contribution < 1.29 is 52.1 Å². The van der Waals surface area contributed by atoms with Crippen molar-refractivity contribution >= 4 is 10.1 Å². The molecule has 0 aromatic rings. The summed E-state index contributed by atoms with van der Waals surface area (Å²) in [6, 6.07) is 0. The molecule has 0 saturated heterocycles. The maximum Gasteiger partial charge on any atom is 0 e. The molecule has 0 aromatic carbocycles. The molecule has 0 heterocycles. The van der Waals surface area contributed by atoms with Gasteiger partial charge in [-0.1, -0.05) is 7.43 Å². The van der Waals surface area contributed by atoms with Gasteiger partial charge in [-0.25, -0.2) is 0 Å². The van der Waals surface area contributed by atoms with Crippen molar-refractivity contribution in [3.05, 3.63) is 20.2 Å². The summed E-state index contributed by atoms with van der Waals surface area (Å²) in [6.45, 7) is 6.87. The molecule has 1 nitrogen and oxygen atoms in total. The van der Waals surface area contributed by atoms with E-state index in [0.717, 1.165) is 3.90 Å². The summed E-state index contributed by atoms with van der Waals surface area (Å²) in [7, 11) is 0. The normalized spacial score (nSPS) is 6.50. The molecule has 0 aromatic heterocycles. The Bertz CT molecular complexity index is 110.